The minimum atomic E-state index is -1.78. The third-order valence-electron chi connectivity index (χ3n) is 3.14. The summed E-state index contributed by atoms with van der Waals surface area (Å²) in [6.45, 7) is 2.99. The molecule has 0 saturated carbocycles. The minimum Gasteiger partial charge on any atom is -0.378 e. The highest BCUT2D eigenvalue weighted by molar-refractivity contribution is 8.21. The molecule has 1 aliphatic rings. The van der Waals surface area contributed by atoms with Gasteiger partial charge in [0.25, 0.3) is 0 Å². The Hall–Kier alpha value is 0.190. The molecule has 16 heavy (non-hydrogen) atoms. The molecule has 0 N–H and O–H groups in total. The van der Waals surface area contributed by atoms with E-state index in [2.05, 4.69) is 6.92 Å². The maximum Gasteiger partial charge on any atom is 0.0879 e. The lowest BCUT2D eigenvalue weighted by Crippen LogP contribution is -2.25. The second-order valence-electron chi connectivity index (χ2n) is 4.14. The highest BCUT2D eigenvalue weighted by Crippen LogP contribution is 2.50. The van der Waals surface area contributed by atoms with Crippen molar-refractivity contribution < 1.29 is 17.3 Å². The summed E-state index contributed by atoms with van der Waals surface area (Å²) in [6, 6.07) is 0. The average Bonchev–Trinajstić information content (AvgIpc) is 2.34. The Labute approximate surface area is 101 Å². The van der Waals surface area contributed by atoms with E-state index in [0.29, 0.717) is 12.0 Å². The predicted octanol–water partition coefficient (Wildman–Crippen LogP) is 2.68. The summed E-state index contributed by atoms with van der Waals surface area (Å²) in [7, 11) is 3.14. The molecule has 4 nitrogen and oxygen atoms in total. The topological polar surface area (TPSA) is 36.9 Å². The third kappa shape index (κ3) is 3.89. The number of hydrogen-bond acceptors (Lipinski definition) is 4. The zero-order valence-corrected chi connectivity index (χ0v) is 11.5. The molecule has 1 fully saturated rings. The molecule has 2 unspecified atom stereocenters. The summed E-state index contributed by atoms with van der Waals surface area (Å²) in [6.07, 6.45) is 3.84. The molecule has 0 aromatic heterocycles. The van der Waals surface area contributed by atoms with Gasteiger partial charge in [0.2, 0.25) is 0 Å². The van der Waals surface area contributed by atoms with Crippen molar-refractivity contribution in [1.29, 1.82) is 0 Å². The Morgan fingerprint density at radius 2 is 1.75 bits per heavy atom. The third-order valence-corrected chi connectivity index (χ3v) is 5.40. The Kier molecular flexibility index (Phi) is 6.07. The van der Waals surface area contributed by atoms with Crippen molar-refractivity contribution in [2.45, 2.75) is 32.3 Å². The molecule has 0 aromatic rings. The van der Waals surface area contributed by atoms with Gasteiger partial charge in [-0.2, -0.15) is 0 Å². The van der Waals surface area contributed by atoms with E-state index in [4.69, 9.17) is 17.3 Å². The fourth-order valence-corrected chi connectivity index (χ4v) is 3.46. The van der Waals surface area contributed by atoms with Crippen LogP contribution in [-0.4, -0.2) is 39.8 Å². The lowest BCUT2D eigenvalue weighted by atomic mass is 9.97. The molecule has 5 heteroatoms. The molecule has 0 radical (unpaired) electrons. The molecule has 0 spiro atoms. The predicted molar refractivity (Wildman–Crippen MR) is 66.2 cm³/mol. The van der Waals surface area contributed by atoms with Crippen molar-refractivity contribution >= 4 is 10.9 Å². The summed E-state index contributed by atoms with van der Waals surface area (Å²) in [5.41, 5.74) is 0. The monoisotopic (exact) mass is 252 g/mol. The smallest absolute Gasteiger partial charge is 0.0879 e. The van der Waals surface area contributed by atoms with Gasteiger partial charge in [-0.1, -0.05) is 0 Å². The minimum absolute atomic E-state index is 0.417. The van der Waals surface area contributed by atoms with Crippen LogP contribution in [0.1, 0.15) is 26.2 Å². The summed E-state index contributed by atoms with van der Waals surface area (Å²) < 4.78 is 21.7. The van der Waals surface area contributed by atoms with Crippen LogP contribution < -0.4 is 0 Å². The molecule has 0 amide bonds. The molecule has 2 atom stereocenters. The van der Waals surface area contributed by atoms with Gasteiger partial charge in [0, 0.05) is 12.4 Å². The Morgan fingerprint density at radius 3 is 2.19 bits per heavy atom. The van der Waals surface area contributed by atoms with Crippen LogP contribution in [0.3, 0.4) is 0 Å². The van der Waals surface area contributed by atoms with Gasteiger partial charge in [-0.05, 0) is 32.1 Å². The lowest BCUT2D eigenvalue weighted by Gasteiger charge is -2.35. The normalized spacial score (nSPS) is 28.0. The van der Waals surface area contributed by atoms with Gasteiger partial charge in [0.05, 0.1) is 38.3 Å². The second kappa shape index (κ2) is 6.81. The molecule has 0 bridgehead atoms. The molecule has 0 aliphatic carbocycles. The first-order chi connectivity index (χ1) is 7.65. The maximum atomic E-state index is 5.64. The molecule has 0 aromatic carbocycles. The van der Waals surface area contributed by atoms with Gasteiger partial charge < -0.3 is 4.74 Å². The SMILES string of the molecule is COS(CCC1CCC(C)OC1)(OC)OC. The van der Waals surface area contributed by atoms with Crippen LogP contribution in [0.15, 0.2) is 0 Å². The van der Waals surface area contributed by atoms with Crippen LogP contribution in [0.5, 0.6) is 0 Å². The summed E-state index contributed by atoms with van der Waals surface area (Å²) in [5.74, 6) is 1.43. The van der Waals surface area contributed by atoms with E-state index >= 15 is 0 Å². The zero-order valence-electron chi connectivity index (χ0n) is 10.7. The van der Waals surface area contributed by atoms with E-state index < -0.39 is 10.9 Å². The molecular weight excluding hydrogens is 228 g/mol. The van der Waals surface area contributed by atoms with Crippen molar-refractivity contribution in [3.05, 3.63) is 0 Å². The average molecular weight is 252 g/mol. The number of rotatable bonds is 6. The van der Waals surface area contributed by atoms with Crippen LogP contribution in [-0.2, 0) is 17.3 Å². The van der Waals surface area contributed by atoms with Gasteiger partial charge in [0.1, 0.15) is 0 Å². The van der Waals surface area contributed by atoms with E-state index in [9.17, 15) is 0 Å². The van der Waals surface area contributed by atoms with E-state index in [1.807, 2.05) is 0 Å². The van der Waals surface area contributed by atoms with E-state index in [-0.39, 0.29) is 0 Å². The summed E-state index contributed by atoms with van der Waals surface area (Å²) in [4.78, 5) is 0. The van der Waals surface area contributed by atoms with Gasteiger partial charge >= 0.3 is 0 Å². The fourth-order valence-electron chi connectivity index (χ4n) is 1.93. The summed E-state index contributed by atoms with van der Waals surface area (Å²) >= 11 is 0. The van der Waals surface area contributed by atoms with Crippen LogP contribution in [0.25, 0.3) is 0 Å². The lowest BCUT2D eigenvalue weighted by molar-refractivity contribution is -0.00583. The van der Waals surface area contributed by atoms with Crippen molar-refractivity contribution in [2.75, 3.05) is 33.7 Å². The highest BCUT2D eigenvalue weighted by atomic mass is 32.3. The van der Waals surface area contributed by atoms with Crippen LogP contribution >= 0.6 is 10.9 Å². The first-order valence-corrected chi connectivity index (χ1v) is 7.33. The maximum absolute atomic E-state index is 5.64. The molecule has 1 heterocycles. The largest absolute Gasteiger partial charge is 0.378 e. The zero-order chi connectivity index (χ0) is 12.0. The standard InChI is InChI=1S/C11H24O4S/c1-10-5-6-11(9-15-10)7-8-16(12-2,13-3)14-4/h10-11H,5-9H2,1-4H3. The first kappa shape index (κ1) is 14.3. The van der Waals surface area contributed by atoms with E-state index in [1.165, 1.54) is 6.42 Å². The molecule has 1 saturated heterocycles. The van der Waals surface area contributed by atoms with Gasteiger partial charge in [0.15, 0.2) is 0 Å². The first-order valence-electron chi connectivity index (χ1n) is 5.75. The van der Waals surface area contributed by atoms with Crippen molar-refractivity contribution in [3.8, 4) is 0 Å². The van der Waals surface area contributed by atoms with Crippen LogP contribution in [0, 0.1) is 5.92 Å². The quantitative estimate of drug-likeness (QED) is 0.728. The van der Waals surface area contributed by atoms with Crippen molar-refractivity contribution in [2.24, 2.45) is 5.92 Å². The van der Waals surface area contributed by atoms with Gasteiger partial charge in [-0.15, -0.1) is 0 Å². The van der Waals surface area contributed by atoms with E-state index in [0.717, 1.165) is 25.2 Å². The number of hydrogen-bond donors (Lipinski definition) is 0. The molecule has 1 aliphatic heterocycles. The van der Waals surface area contributed by atoms with Gasteiger partial charge in [-0.25, -0.2) is 0 Å². The fraction of sp³-hybridized carbons (Fsp3) is 1.00. The number of ether oxygens (including phenoxy) is 1. The van der Waals surface area contributed by atoms with Crippen LogP contribution in [0.4, 0.5) is 0 Å². The molecule has 1 rings (SSSR count). The summed E-state index contributed by atoms with van der Waals surface area (Å²) in [5, 5.41) is 0. The highest BCUT2D eigenvalue weighted by Gasteiger charge is 2.26. The van der Waals surface area contributed by atoms with Crippen molar-refractivity contribution in [3.63, 3.8) is 0 Å². The van der Waals surface area contributed by atoms with E-state index in [1.54, 1.807) is 21.3 Å². The Morgan fingerprint density at radius 1 is 1.12 bits per heavy atom. The Bertz CT molecular complexity index is 180. The van der Waals surface area contributed by atoms with Gasteiger partial charge in [-0.3, -0.25) is 12.5 Å². The molecular formula is C11H24O4S. The Balaban J connectivity index is 2.32. The van der Waals surface area contributed by atoms with Crippen molar-refractivity contribution in [1.82, 2.24) is 0 Å². The molecule has 98 valence electrons. The van der Waals surface area contributed by atoms with Crippen LogP contribution in [0.2, 0.25) is 0 Å². The second-order valence-corrected chi connectivity index (χ2v) is 6.66.